The molecule has 2 aromatic carbocycles. The minimum absolute atomic E-state index is 0.0854. The largest absolute Gasteiger partial charge is 0.398 e. The summed E-state index contributed by atoms with van der Waals surface area (Å²) in [5.74, 6) is 1.15. The van der Waals surface area contributed by atoms with E-state index in [9.17, 15) is 8.42 Å². The number of nitrogens with zero attached hydrogens (tertiary/aromatic N) is 2. The van der Waals surface area contributed by atoms with Gasteiger partial charge in [0.05, 0.1) is 5.69 Å². The number of rotatable bonds is 4. The first kappa shape index (κ1) is 16.7. The van der Waals surface area contributed by atoms with Crippen LogP contribution in [0.3, 0.4) is 0 Å². The van der Waals surface area contributed by atoms with Gasteiger partial charge in [-0.1, -0.05) is 30.3 Å². The molecule has 25 heavy (non-hydrogen) atoms. The quantitative estimate of drug-likeness (QED) is 0.411. The van der Waals surface area contributed by atoms with Crippen molar-refractivity contribution in [3.05, 3.63) is 54.6 Å². The zero-order valence-electron chi connectivity index (χ0n) is 12.9. The Kier molecular flexibility index (Phi) is 4.26. The summed E-state index contributed by atoms with van der Waals surface area (Å²) in [5.41, 5.74) is 12.7. The van der Waals surface area contributed by atoms with E-state index in [2.05, 4.69) is 15.3 Å². The van der Waals surface area contributed by atoms with Crippen molar-refractivity contribution in [2.45, 2.75) is 4.90 Å². The predicted octanol–water partition coefficient (Wildman–Crippen LogP) is 2.30. The molecule has 0 aliphatic rings. The van der Waals surface area contributed by atoms with E-state index >= 15 is 0 Å². The maximum atomic E-state index is 11.2. The van der Waals surface area contributed by atoms with E-state index < -0.39 is 10.1 Å². The van der Waals surface area contributed by atoms with Gasteiger partial charge in [0.25, 0.3) is 10.1 Å². The van der Waals surface area contributed by atoms with E-state index in [1.807, 2.05) is 30.3 Å². The Bertz CT molecular complexity index is 1020. The van der Waals surface area contributed by atoms with Crippen LogP contribution in [0.2, 0.25) is 0 Å². The molecule has 0 fully saturated rings. The molecular weight excluding hydrogens is 342 g/mol. The molecule has 9 heteroatoms. The summed E-state index contributed by atoms with van der Waals surface area (Å²) in [4.78, 5) is 8.23. The van der Waals surface area contributed by atoms with E-state index in [0.29, 0.717) is 17.3 Å². The maximum Gasteiger partial charge on any atom is 0.296 e. The monoisotopic (exact) mass is 357 g/mol. The van der Waals surface area contributed by atoms with Crippen LogP contribution >= 0.6 is 0 Å². The van der Waals surface area contributed by atoms with E-state index in [-0.39, 0.29) is 16.4 Å². The first-order chi connectivity index (χ1) is 11.8. The van der Waals surface area contributed by atoms with Gasteiger partial charge in [-0.05, 0) is 18.2 Å². The molecule has 0 spiro atoms. The number of benzene rings is 2. The van der Waals surface area contributed by atoms with E-state index in [0.717, 1.165) is 5.56 Å². The molecular formula is C16H15N5O3S. The summed E-state index contributed by atoms with van der Waals surface area (Å²) in [5, 5.41) is 2.99. The van der Waals surface area contributed by atoms with Gasteiger partial charge in [0, 0.05) is 17.3 Å². The fraction of sp³-hybridized carbons (Fsp3) is 0. The molecule has 0 radical (unpaired) electrons. The Hall–Kier alpha value is -3.17. The highest BCUT2D eigenvalue weighted by molar-refractivity contribution is 7.86. The number of anilines is 4. The highest BCUT2D eigenvalue weighted by Gasteiger charge is 2.14. The zero-order valence-corrected chi connectivity index (χ0v) is 13.7. The zero-order chi connectivity index (χ0) is 18.0. The fourth-order valence-corrected chi connectivity index (χ4v) is 2.85. The summed E-state index contributed by atoms with van der Waals surface area (Å²) in [7, 11) is -4.37. The third-order valence-electron chi connectivity index (χ3n) is 3.34. The number of hydrogen-bond acceptors (Lipinski definition) is 7. The van der Waals surface area contributed by atoms with Gasteiger partial charge in [-0.3, -0.25) is 4.55 Å². The standard InChI is InChI=1S/C16H15N5O3S/c17-12-8-11(6-7-13(12)25(22,23)24)19-15-9-14(18)20-16(21-15)10-4-2-1-3-5-10/h1-9H,17H2,(H,22,23,24)(H3,18,19,20,21). The molecule has 1 heterocycles. The van der Waals surface area contributed by atoms with Crippen molar-refractivity contribution < 1.29 is 13.0 Å². The third-order valence-corrected chi connectivity index (χ3v) is 4.27. The lowest BCUT2D eigenvalue weighted by atomic mass is 10.2. The smallest absolute Gasteiger partial charge is 0.296 e. The lowest BCUT2D eigenvalue weighted by molar-refractivity contribution is 0.483. The van der Waals surface area contributed by atoms with Crippen LogP contribution in [-0.2, 0) is 10.1 Å². The summed E-state index contributed by atoms with van der Waals surface area (Å²) in [6.07, 6.45) is 0. The van der Waals surface area contributed by atoms with Crippen LogP contribution in [0, 0.1) is 0 Å². The van der Waals surface area contributed by atoms with Gasteiger partial charge in [0.2, 0.25) is 0 Å². The summed E-state index contributed by atoms with van der Waals surface area (Å²) in [6.45, 7) is 0. The Morgan fingerprint density at radius 1 is 0.960 bits per heavy atom. The van der Waals surface area contributed by atoms with Gasteiger partial charge in [-0.25, -0.2) is 9.97 Å². The lowest BCUT2D eigenvalue weighted by Crippen LogP contribution is -2.05. The van der Waals surface area contributed by atoms with Crippen molar-refractivity contribution in [1.29, 1.82) is 0 Å². The molecule has 0 aliphatic carbocycles. The SMILES string of the molecule is Nc1cc(Nc2ccc(S(=O)(=O)O)c(N)c2)nc(-c2ccccc2)n1. The van der Waals surface area contributed by atoms with Crippen LogP contribution in [0.1, 0.15) is 0 Å². The van der Waals surface area contributed by atoms with Gasteiger partial charge in [0.15, 0.2) is 5.82 Å². The van der Waals surface area contributed by atoms with E-state index in [1.54, 1.807) is 6.07 Å². The van der Waals surface area contributed by atoms with Gasteiger partial charge in [-0.2, -0.15) is 8.42 Å². The summed E-state index contributed by atoms with van der Waals surface area (Å²) in [6, 6.07) is 14.9. The van der Waals surface area contributed by atoms with Crippen molar-refractivity contribution in [3.63, 3.8) is 0 Å². The number of nitrogens with two attached hydrogens (primary N) is 2. The second-order valence-corrected chi connectivity index (χ2v) is 6.61. The number of hydrogen-bond donors (Lipinski definition) is 4. The summed E-state index contributed by atoms with van der Waals surface area (Å²) >= 11 is 0. The second kappa shape index (κ2) is 6.38. The molecule has 0 amide bonds. The van der Waals surface area contributed by atoms with Crippen molar-refractivity contribution in [2.24, 2.45) is 0 Å². The highest BCUT2D eigenvalue weighted by Crippen LogP contribution is 2.26. The summed E-state index contributed by atoms with van der Waals surface area (Å²) < 4.78 is 31.5. The number of aromatic nitrogens is 2. The molecule has 6 N–H and O–H groups in total. The van der Waals surface area contributed by atoms with Crippen LogP contribution in [-0.4, -0.2) is 22.9 Å². The second-order valence-electron chi connectivity index (χ2n) is 5.22. The van der Waals surface area contributed by atoms with Crippen LogP contribution in [0.15, 0.2) is 59.5 Å². The molecule has 3 rings (SSSR count). The molecule has 0 unspecified atom stereocenters. The molecule has 0 atom stereocenters. The van der Waals surface area contributed by atoms with Crippen molar-refractivity contribution in [3.8, 4) is 11.4 Å². The molecule has 8 nitrogen and oxygen atoms in total. The van der Waals surface area contributed by atoms with Crippen molar-refractivity contribution in [1.82, 2.24) is 9.97 Å². The van der Waals surface area contributed by atoms with Crippen LogP contribution in [0.25, 0.3) is 11.4 Å². The van der Waals surface area contributed by atoms with Gasteiger partial charge < -0.3 is 16.8 Å². The van der Waals surface area contributed by atoms with Crippen molar-refractivity contribution >= 4 is 33.1 Å². The molecule has 128 valence electrons. The first-order valence-corrected chi connectivity index (χ1v) is 8.61. The molecule has 0 saturated carbocycles. The fourth-order valence-electron chi connectivity index (χ4n) is 2.26. The van der Waals surface area contributed by atoms with E-state index in [4.69, 9.17) is 16.0 Å². The highest BCUT2D eigenvalue weighted by atomic mass is 32.2. The molecule has 0 aliphatic heterocycles. The molecule has 0 bridgehead atoms. The van der Waals surface area contributed by atoms with Crippen molar-refractivity contribution in [2.75, 3.05) is 16.8 Å². The van der Waals surface area contributed by atoms with Gasteiger partial charge in [0.1, 0.15) is 16.5 Å². The van der Waals surface area contributed by atoms with Crippen LogP contribution in [0.5, 0.6) is 0 Å². The normalized spacial score (nSPS) is 11.2. The van der Waals surface area contributed by atoms with E-state index in [1.165, 1.54) is 18.2 Å². The van der Waals surface area contributed by atoms with Gasteiger partial charge in [-0.15, -0.1) is 0 Å². The first-order valence-electron chi connectivity index (χ1n) is 7.17. The molecule has 3 aromatic rings. The van der Waals surface area contributed by atoms with Gasteiger partial charge >= 0.3 is 0 Å². The predicted molar refractivity (Wildman–Crippen MR) is 95.8 cm³/mol. The Labute approximate surface area is 144 Å². The molecule has 0 saturated heterocycles. The Morgan fingerprint density at radius 3 is 2.32 bits per heavy atom. The topological polar surface area (TPSA) is 144 Å². The number of nitrogen functional groups attached to an aromatic ring is 2. The Balaban J connectivity index is 1.94. The average Bonchev–Trinajstić information content (AvgIpc) is 2.54. The average molecular weight is 357 g/mol. The maximum absolute atomic E-state index is 11.2. The Morgan fingerprint density at radius 2 is 1.68 bits per heavy atom. The van der Waals surface area contributed by atoms with Crippen LogP contribution in [0.4, 0.5) is 23.0 Å². The minimum Gasteiger partial charge on any atom is -0.398 e. The van der Waals surface area contributed by atoms with Crippen LogP contribution < -0.4 is 16.8 Å². The molecule has 1 aromatic heterocycles. The number of nitrogens with one attached hydrogen (secondary N) is 1. The lowest BCUT2D eigenvalue weighted by Gasteiger charge is -2.10. The minimum atomic E-state index is -4.37. The third kappa shape index (κ3) is 3.84.